The lowest BCUT2D eigenvalue weighted by Gasteiger charge is -2.22. The second-order valence-electron chi connectivity index (χ2n) is 4.77. The molecule has 1 amide bonds. The Morgan fingerprint density at radius 1 is 1.40 bits per heavy atom. The van der Waals surface area contributed by atoms with Crippen molar-refractivity contribution in [3.63, 3.8) is 0 Å². The lowest BCUT2D eigenvalue weighted by atomic mass is 10.1. The number of para-hydroxylation sites is 1. The normalized spacial score (nSPS) is 17.1. The average molecular weight is 271 g/mol. The maximum atomic E-state index is 12.6. The van der Waals surface area contributed by atoms with Crippen molar-refractivity contribution in [2.24, 2.45) is 0 Å². The molecule has 102 valence electrons. The van der Waals surface area contributed by atoms with Gasteiger partial charge in [-0.2, -0.15) is 5.10 Å². The summed E-state index contributed by atoms with van der Waals surface area (Å²) in [6.45, 7) is 1.73. The van der Waals surface area contributed by atoms with E-state index in [1.54, 1.807) is 19.1 Å². The summed E-state index contributed by atoms with van der Waals surface area (Å²) in [5.74, 6) is -1.34. The molecule has 0 aliphatic carbocycles. The maximum Gasteiger partial charge on any atom is 0.327 e. The number of rotatable bonds is 2. The number of aromatic amines is 1. The third kappa shape index (κ3) is 1.77. The molecule has 0 fully saturated rings. The molecule has 2 heterocycles. The van der Waals surface area contributed by atoms with Gasteiger partial charge in [0.15, 0.2) is 0 Å². The number of carbonyl (C=O) groups is 2. The van der Waals surface area contributed by atoms with Crippen molar-refractivity contribution in [1.29, 1.82) is 0 Å². The minimum absolute atomic E-state index is 0.328. The van der Waals surface area contributed by atoms with Gasteiger partial charge in [-0.3, -0.25) is 14.8 Å². The van der Waals surface area contributed by atoms with E-state index in [1.807, 2.05) is 12.1 Å². The Hall–Kier alpha value is -2.63. The van der Waals surface area contributed by atoms with Crippen LogP contribution in [0.25, 0.3) is 0 Å². The third-order valence-electron chi connectivity index (χ3n) is 3.54. The molecule has 20 heavy (non-hydrogen) atoms. The number of carboxylic acids is 1. The van der Waals surface area contributed by atoms with Crippen molar-refractivity contribution < 1.29 is 14.7 Å². The van der Waals surface area contributed by atoms with Crippen LogP contribution in [0.15, 0.2) is 30.5 Å². The Kier molecular flexibility index (Phi) is 2.78. The van der Waals surface area contributed by atoms with E-state index in [4.69, 9.17) is 0 Å². The highest BCUT2D eigenvalue weighted by molar-refractivity contribution is 6.11. The highest BCUT2D eigenvalue weighted by Gasteiger charge is 2.39. The molecule has 0 spiro atoms. The molecule has 1 aliphatic rings. The number of nitrogens with one attached hydrogen (secondary N) is 1. The fourth-order valence-electron chi connectivity index (χ4n) is 2.53. The Balaban J connectivity index is 2.07. The molecule has 1 aromatic carbocycles. The minimum atomic E-state index is -1.00. The molecule has 0 radical (unpaired) electrons. The number of aryl methyl sites for hydroxylation is 1. The van der Waals surface area contributed by atoms with Gasteiger partial charge < -0.3 is 5.11 Å². The van der Waals surface area contributed by atoms with E-state index < -0.39 is 12.0 Å². The molecule has 0 saturated heterocycles. The second kappa shape index (κ2) is 4.48. The Morgan fingerprint density at radius 3 is 2.80 bits per heavy atom. The molecule has 3 rings (SSSR count). The Labute approximate surface area is 115 Å². The summed E-state index contributed by atoms with van der Waals surface area (Å²) in [6, 6.07) is 6.39. The van der Waals surface area contributed by atoms with Gasteiger partial charge in [-0.25, -0.2) is 4.79 Å². The number of fused-ring (bicyclic) bond motifs is 1. The molecule has 1 atom stereocenters. The van der Waals surface area contributed by atoms with Gasteiger partial charge in [0, 0.05) is 17.8 Å². The van der Waals surface area contributed by atoms with Gasteiger partial charge in [-0.05, 0) is 18.6 Å². The van der Waals surface area contributed by atoms with Gasteiger partial charge in [0.25, 0.3) is 5.91 Å². The van der Waals surface area contributed by atoms with Crippen LogP contribution in [0.5, 0.6) is 0 Å². The van der Waals surface area contributed by atoms with Gasteiger partial charge in [-0.1, -0.05) is 18.2 Å². The van der Waals surface area contributed by atoms with E-state index in [9.17, 15) is 14.7 Å². The van der Waals surface area contributed by atoms with Crippen LogP contribution < -0.4 is 4.90 Å². The van der Waals surface area contributed by atoms with Gasteiger partial charge in [0.05, 0.1) is 11.8 Å². The number of benzene rings is 1. The summed E-state index contributed by atoms with van der Waals surface area (Å²) in [5, 5.41) is 15.9. The van der Waals surface area contributed by atoms with Gasteiger partial charge in [-0.15, -0.1) is 0 Å². The zero-order chi connectivity index (χ0) is 14.3. The predicted molar refractivity (Wildman–Crippen MR) is 71.7 cm³/mol. The molecule has 0 bridgehead atoms. The zero-order valence-electron chi connectivity index (χ0n) is 10.8. The van der Waals surface area contributed by atoms with Crippen LogP contribution in [0, 0.1) is 6.92 Å². The number of H-pyrrole nitrogens is 1. The molecule has 2 N–H and O–H groups in total. The second-order valence-corrected chi connectivity index (χ2v) is 4.77. The van der Waals surface area contributed by atoms with Crippen molar-refractivity contribution in [3.05, 3.63) is 47.3 Å². The van der Waals surface area contributed by atoms with Crippen molar-refractivity contribution in [3.8, 4) is 0 Å². The summed E-state index contributed by atoms with van der Waals surface area (Å²) >= 11 is 0. The van der Waals surface area contributed by atoms with E-state index in [0.29, 0.717) is 23.4 Å². The highest BCUT2D eigenvalue weighted by Crippen LogP contribution is 2.33. The summed E-state index contributed by atoms with van der Waals surface area (Å²) in [4.78, 5) is 25.4. The van der Waals surface area contributed by atoms with Crippen LogP contribution in [0.4, 0.5) is 5.69 Å². The largest absolute Gasteiger partial charge is 0.480 e. The highest BCUT2D eigenvalue weighted by atomic mass is 16.4. The number of nitrogens with zero attached hydrogens (tertiary/aromatic N) is 2. The third-order valence-corrected chi connectivity index (χ3v) is 3.54. The molecule has 0 saturated carbocycles. The van der Waals surface area contributed by atoms with Gasteiger partial charge in [0.1, 0.15) is 6.04 Å². The molecular formula is C14H13N3O3. The van der Waals surface area contributed by atoms with E-state index >= 15 is 0 Å². The standard InChI is InChI=1S/C14H13N3O3/c1-8-10(7-15-16-8)13(18)17-11-5-3-2-4-9(11)6-12(17)14(19)20/h2-5,7,12H,6H2,1H3,(H,15,16)(H,19,20). The minimum Gasteiger partial charge on any atom is -0.480 e. The number of carbonyl (C=O) groups excluding carboxylic acids is 1. The SMILES string of the molecule is Cc1[nH]ncc1C(=O)N1c2ccccc2CC1C(=O)O. The predicted octanol–water partition coefficient (Wildman–Crippen LogP) is 1.37. The van der Waals surface area contributed by atoms with Gasteiger partial charge in [0.2, 0.25) is 0 Å². The van der Waals surface area contributed by atoms with Crippen molar-refractivity contribution >= 4 is 17.6 Å². The monoisotopic (exact) mass is 271 g/mol. The summed E-state index contributed by atoms with van der Waals surface area (Å²) in [5.41, 5.74) is 2.55. The molecule has 1 unspecified atom stereocenters. The van der Waals surface area contributed by atoms with Crippen LogP contribution >= 0.6 is 0 Å². The number of amides is 1. The van der Waals surface area contributed by atoms with Crippen LogP contribution in [-0.2, 0) is 11.2 Å². The molecule has 6 heteroatoms. The Morgan fingerprint density at radius 2 is 2.15 bits per heavy atom. The fraction of sp³-hybridized carbons (Fsp3) is 0.214. The van der Waals surface area contributed by atoms with E-state index in [-0.39, 0.29) is 5.91 Å². The topological polar surface area (TPSA) is 86.3 Å². The lowest BCUT2D eigenvalue weighted by Crippen LogP contribution is -2.43. The van der Waals surface area contributed by atoms with Crippen molar-refractivity contribution in [2.75, 3.05) is 4.90 Å². The molecular weight excluding hydrogens is 258 g/mol. The van der Waals surface area contributed by atoms with Crippen LogP contribution in [0.2, 0.25) is 0 Å². The van der Waals surface area contributed by atoms with E-state index in [2.05, 4.69) is 10.2 Å². The number of hydrogen-bond acceptors (Lipinski definition) is 3. The van der Waals surface area contributed by atoms with E-state index in [0.717, 1.165) is 5.56 Å². The van der Waals surface area contributed by atoms with Crippen molar-refractivity contribution in [2.45, 2.75) is 19.4 Å². The molecule has 1 aliphatic heterocycles. The van der Waals surface area contributed by atoms with Crippen LogP contribution in [-0.4, -0.2) is 33.2 Å². The number of carboxylic acid groups (broad SMARTS) is 1. The average Bonchev–Trinajstić information content (AvgIpc) is 3.01. The maximum absolute atomic E-state index is 12.6. The molecule has 2 aromatic rings. The first kappa shape index (κ1) is 12.4. The lowest BCUT2D eigenvalue weighted by molar-refractivity contribution is -0.138. The summed E-state index contributed by atoms with van der Waals surface area (Å²) in [6.07, 6.45) is 1.76. The molecule has 6 nitrogen and oxygen atoms in total. The van der Waals surface area contributed by atoms with E-state index in [1.165, 1.54) is 11.1 Å². The fourth-order valence-corrected chi connectivity index (χ4v) is 2.53. The zero-order valence-corrected chi connectivity index (χ0v) is 10.8. The number of aliphatic carboxylic acids is 1. The smallest absolute Gasteiger partial charge is 0.327 e. The van der Waals surface area contributed by atoms with Crippen molar-refractivity contribution in [1.82, 2.24) is 10.2 Å². The van der Waals surface area contributed by atoms with Crippen LogP contribution in [0.3, 0.4) is 0 Å². The summed E-state index contributed by atoms with van der Waals surface area (Å²) < 4.78 is 0. The summed E-state index contributed by atoms with van der Waals surface area (Å²) in [7, 11) is 0. The number of anilines is 1. The number of aromatic nitrogens is 2. The number of hydrogen-bond donors (Lipinski definition) is 2. The first-order valence-electron chi connectivity index (χ1n) is 6.24. The quantitative estimate of drug-likeness (QED) is 0.863. The first-order valence-corrected chi connectivity index (χ1v) is 6.24. The molecule has 1 aromatic heterocycles. The first-order chi connectivity index (χ1) is 9.59. The Bertz CT molecular complexity index is 692. The van der Waals surface area contributed by atoms with Gasteiger partial charge >= 0.3 is 5.97 Å². The van der Waals surface area contributed by atoms with Crippen LogP contribution in [0.1, 0.15) is 21.6 Å².